The summed E-state index contributed by atoms with van der Waals surface area (Å²) in [7, 11) is 0. The molecule has 0 rings (SSSR count). The zero-order valence-electron chi connectivity index (χ0n) is 3.02. The summed E-state index contributed by atoms with van der Waals surface area (Å²) in [5.74, 6) is 0. The van der Waals surface area contributed by atoms with E-state index in [1.165, 1.54) is 0 Å². The van der Waals surface area contributed by atoms with Crippen molar-refractivity contribution in [1.29, 1.82) is 0 Å². The fourth-order valence-corrected chi connectivity index (χ4v) is 0. The maximum atomic E-state index is 0. The average molecular weight is 113 g/mol. The summed E-state index contributed by atoms with van der Waals surface area (Å²) in [6.07, 6.45) is 0. The van der Waals surface area contributed by atoms with Gasteiger partial charge in [-0.25, -0.2) is 0 Å². The monoisotopic (exact) mass is 112 g/mol. The van der Waals surface area contributed by atoms with Crippen molar-refractivity contribution in [2.24, 2.45) is 0 Å². The van der Waals surface area contributed by atoms with Crippen molar-refractivity contribution in [3.05, 3.63) is 0 Å². The summed E-state index contributed by atoms with van der Waals surface area (Å²) in [6, 6.07) is 0. The zero-order chi connectivity index (χ0) is 0. The van der Waals surface area contributed by atoms with Crippen molar-refractivity contribution in [3.8, 4) is 0 Å². The van der Waals surface area contributed by atoms with Gasteiger partial charge >= 0.3 is 0 Å². The molecule has 0 N–H and O–H groups in total. The van der Waals surface area contributed by atoms with Gasteiger partial charge in [0.05, 0.1) is 0 Å². The molecule has 4 heavy (non-hydrogen) atoms. The predicted octanol–water partition coefficient (Wildman–Crippen LogP) is -1.14. The van der Waals surface area contributed by atoms with Crippen LogP contribution in [0.25, 0.3) is 0 Å². The van der Waals surface area contributed by atoms with Crippen molar-refractivity contribution in [3.63, 3.8) is 0 Å². The van der Waals surface area contributed by atoms with Crippen LogP contribution in [0.3, 0.4) is 0 Å². The SMILES string of the molecule is [Li].[Mg].[Na].[Ni]. The fraction of sp³-hybridized carbons (Fsp3) is 0. The minimum absolute atomic E-state index is 0. The molecule has 0 atom stereocenters. The molecule has 0 aromatic heterocycles. The van der Waals surface area contributed by atoms with Gasteiger partial charge in [0.1, 0.15) is 0 Å². The molecule has 0 aliphatic carbocycles. The zero-order valence-corrected chi connectivity index (χ0v) is 7.43. The van der Waals surface area contributed by atoms with Crippen LogP contribution in [0.4, 0.5) is 0 Å². The normalized spacial score (nSPS) is 0. The van der Waals surface area contributed by atoms with E-state index in [0.29, 0.717) is 0 Å². The predicted molar refractivity (Wildman–Crippen MR) is 17.3 cm³/mol. The molecule has 14 valence electrons. The first kappa shape index (κ1) is 28.8. The summed E-state index contributed by atoms with van der Waals surface area (Å²) < 4.78 is 0. The van der Waals surface area contributed by atoms with Crippen LogP contribution in [0.5, 0.6) is 0 Å². The maximum Gasteiger partial charge on any atom is 0 e. The van der Waals surface area contributed by atoms with Crippen LogP contribution in [0, 0.1) is 0 Å². The van der Waals surface area contributed by atoms with Crippen LogP contribution in [-0.2, 0) is 16.5 Å². The Hall–Kier alpha value is 2.86. The summed E-state index contributed by atoms with van der Waals surface area (Å²) in [4.78, 5) is 0. The molecular formula is LiMgNaNi. The first-order valence-corrected chi connectivity index (χ1v) is 0. The van der Waals surface area contributed by atoms with Crippen LogP contribution < -0.4 is 0 Å². The Balaban J connectivity index is 0. The van der Waals surface area contributed by atoms with Gasteiger partial charge in [-0.15, -0.1) is 0 Å². The Bertz CT molecular complexity index is 8.00. The quantitative estimate of drug-likeness (QED) is 0.348. The number of hydrogen-bond donors (Lipinski definition) is 0. The fourth-order valence-electron chi connectivity index (χ4n) is 0. The minimum atomic E-state index is 0. The van der Waals surface area contributed by atoms with Gasteiger partial charge in [-0.3, -0.25) is 0 Å². The van der Waals surface area contributed by atoms with Crippen molar-refractivity contribution in [2.75, 3.05) is 0 Å². The van der Waals surface area contributed by atoms with E-state index in [2.05, 4.69) is 0 Å². The second-order valence-corrected chi connectivity index (χ2v) is 0. The van der Waals surface area contributed by atoms with E-state index in [0.717, 1.165) is 0 Å². The first-order chi connectivity index (χ1) is 0. The van der Waals surface area contributed by atoms with Gasteiger partial charge in [-0.05, 0) is 0 Å². The topological polar surface area (TPSA) is 0 Å². The third kappa shape index (κ3) is 8.85. The van der Waals surface area contributed by atoms with Crippen molar-refractivity contribution >= 4 is 71.5 Å². The minimum Gasteiger partial charge on any atom is 0 e. The van der Waals surface area contributed by atoms with Gasteiger partial charge in [0.2, 0.25) is 0 Å². The standard InChI is InChI=1S/Li.Mg.Na.Ni. The van der Waals surface area contributed by atoms with Gasteiger partial charge in [0, 0.05) is 88.0 Å². The molecule has 0 aliphatic rings. The van der Waals surface area contributed by atoms with Crippen LogP contribution >= 0.6 is 0 Å². The molecule has 0 spiro atoms. The van der Waals surface area contributed by atoms with Crippen molar-refractivity contribution in [2.45, 2.75) is 0 Å². The Morgan fingerprint density at radius 2 is 1.00 bits per heavy atom. The Kier molecular flexibility index (Phi) is 122. The molecule has 4 heteroatoms. The van der Waals surface area contributed by atoms with E-state index in [4.69, 9.17) is 0 Å². The van der Waals surface area contributed by atoms with Crippen molar-refractivity contribution < 1.29 is 16.5 Å². The third-order valence-corrected chi connectivity index (χ3v) is 0. The molecule has 0 saturated heterocycles. The van der Waals surface area contributed by atoms with E-state index in [1.54, 1.807) is 0 Å². The van der Waals surface area contributed by atoms with E-state index >= 15 is 0 Å². The first-order valence-electron chi connectivity index (χ1n) is 0. The Morgan fingerprint density at radius 1 is 1.00 bits per heavy atom. The molecule has 0 bridgehead atoms. The molecule has 0 amide bonds. The second-order valence-electron chi connectivity index (χ2n) is 0. The smallest absolute Gasteiger partial charge is 0 e. The molecular weight excluding hydrogens is 113 g/mol. The largest absolute Gasteiger partial charge is 0 e. The second kappa shape index (κ2) is 16.9. The Morgan fingerprint density at radius 3 is 1.00 bits per heavy atom. The third-order valence-electron chi connectivity index (χ3n) is 0. The van der Waals surface area contributed by atoms with Crippen molar-refractivity contribution in [1.82, 2.24) is 0 Å². The molecule has 0 unspecified atom stereocenters. The average Bonchev–Trinajstić information content (AvgIpc) is 0. The number of rotatable bonds is 0. The molecule has 0 nitrogen and oxygen atoms in total. The van der Waals surface area contributed by atoms with Gasteiger partial charge < -0.3 is 0 Å². The summed E-state index contributed by atoms with van der Waals surface area (Å²) >= 11 is 0. The van der Waals surface area contributed by atoms with Gasteiger partial charge in [0.25, 0.3) is 0 Å². The van der Waals surface area contributed by atoms with Crippen LogP contribution in [0.2, 0.25) is 0 Å². The maximum absolute atomic E-state index is 0. The molecule has 0 heterocycles. The number of hydrogen-bond acceptors (Lipinski definition) is 0. The van der Waals surface area contributed by atoms with Gasteiger partial charge in [-0.2, -0.15) is 0 Å². The van der Waals surface area contributed by atoms with Gasteiger partial charge in [0.15, 0.2) is 0 Å². The van der Waals surface area contributed by atoms with E-state index in [-0.39, 0.29) is 88.0 Å². The molecule has 0 saturated carbocycles. The summed E-state index contributed by atoms with van der Waals surface area (Å²) in [6.45, 7) is 0. The van der Waals surface area contributed by atoms with E-state index in [9.17, 15) is 0 Å². The molecule has 0 aromatic rings. The molecule has 0 aromatic carbocycles. The Labute approximate surface area is 86.4 Å². The molecule has 4 radical (unpaired) electrons. The van der Waals surface area contributed by atoms with E-state index < -0.39 is 0 Å². The van der Waals surface area contributed by atoms with Crippen LogP contribution in [-0.4, -0.2) is 71.5 Å². The van der Waals surface area contributed by atoms with Gasteiger partial charge in [-0.1, -0.05) is 0 Å². The molecule has 0 fully saturated rings. The van der Waals surface area contributed by atoms with Crippen LogP contribution in [0.15, 0.2) is 0 Å². The summed E-state index contributed by atoms with van der Waals surface area (Å²) in [5.41, 5.74) is 0. The van der Waals surface area contributed by atoms with Crippen LogP contribution in [0.1, 0.15) is 0 Å². The summed E-state index contributed by atoms with van der Waals surface area (Å²) in [5, 5.41) is 0. The van der Waals surface area contributed by atoms with E-state index in [1.807, 2.05) is 0 Å². The molecule has 0 aliphatic heterocycles.